The summed E-state index contributed by atoms with van der Waals surface area (Å²) in [6.45, 7) is 10.2. The van der Waals surface area contributed by atoms with Gasteiger partial charge in [0.2, 0.25) is 0 Å². The van der Waals surface area contributed by atoms with E-state index in [1.54, 1.807) is 6.20 Å². The SMILES string of the molecule is Cc1nn(C)c(C)c1-c1oncc1CNCC(C)C. The van der Waals surface area contributed by atoms with Gasteiger partial charge in [-0.05, 0) is 26.3 Å². The minimum absolute atomic E-state index is 0.630. The fourth-order valence-electron chi connectivity index (χ4n) is 2.19. The molecule has 0 aromatic carbocycles. The van der Waals surface area contributed by atoms with Crippen LogP contribution in [0.2, 0.25) is 0 Å². The summed E-state index contributed by atoms with van der Waals surface area (Å²) in [5.41, 5.74) is 4.21. The maximum absolute atomic E-state index is 5.44. The highest BCUT2D eigenvalue weighted by Gasteiger charge is 2.19. The first-order chi connectivity index (χ1) is 9.00. The van der Waals surface area contributed by atoms with Crippen molar-refractivity contribution in [2.45, 2.75) is 34.2 Å². The highest BCUT2D eigenvalue weighted by molar-refractivity contribution is 5.66. The number of hydrogen-bond acceptors (Lipinski definition) is 4. The number of hydrogen-bond donors (Lipinski definition) is 1. The van der Waals surface area contributed by atoms with E-state index in [9.17, 15) is 0 Å². The largest absolute Gasteiger partial charge is 0.356 e. The summed E-state index contributed by atoms with van der Waals surface area (Å²) >= 11 is 0. The van der Waals surface area contributed by atoms with E-state index >= 15 is 0 Å². The van der Waals surface area contributed by atoms with Gasteiger partial charge in [-0.1, -0.05) is 19.0 Å². The first kappa shape index (κ1) is 13.8. The fourth-order valence-corrected chi connectivity index (χ4v) is 2.19. The smallest absolute Gasteiger partial charge is 0.175 e. The summed E-state index contributed by atoms with van der Waals surface area (Å²) in [7, 11) is 1.94. The van der Waals surface area contributed by atoms with E-state index in [1.165, 1.54) is 0 Å². The summed E-state index contributed by atoms with van der Waals surface area (Å²) in [6.07, 6.45) is 1.79. The summed E-state index contributed by atoms with van der Waals surface area (Å²) in [4.78, 5) is 0. The molecule has 0 bridgehead atoms. The number of aromatic nitrogens is 3. The van der Waals surface area contributed by atoms with Gasteiger partial charge in [0, 0.05) is 24.8 Å². The average molecular weight is 262 g/mol. The van der Waals surface area contributed by atoms with Crippen molar-refractivity contribution in [3.63, 3.8) is 0 Å². The average Bonchev–Trinajstić information content (AvgIpc) is 2.85. The quantitative estimate of drug-likeness (QED) is 0.899. The Morgan fingerprint density at radius 3 is 2.68 bits per heavy atom. The number of rotatable bonds is 5. The van der Waals surface area contributed by atoms with Gasteiger partial charge in [0.25, 0.3) is 0 Å². The Hall–Kier alpha value is -1.62. The lowest BCUT2D eigenvalue weighted by Gasteiger charge is -2.07. The topological polar surface area (TPSA) is 55.9 Å². The van der Waals surface area contributed by atoms with Gasteiger partial charge in [-0.25, -0.2) is 0 Å². The first-order valence-corrected chi connectivity index (χ1v) is 6.65. The Balaban J connectivity index is 2.24. The van der Waals surface area contributed by atoms with E-state index in [0.717, 1.165) is 41.4 Å². The Morgan fingerprint density at radius 1 is 1.37 bits per heavy atom. The minimum atomic E-state index is 0.630. The number of aryl methyl sites for hydroxylation is 2. The number of nitrogens with one attached hydrogen (secondary N) is 1. The lowest BCUT2D eigenvalue weighted by Crippen LogP contribution is -2.19. The molecule has 5 heteroatoms. The Morgan fingerprint density at radius 2 is 2.11 bits per heavy atom. The Bertz CT molecular complexity index is 554. The van der Waals surface area contributed by atoms with E-state index < -0.39 is 0 Å². The third-order valence-corrected chi connectivity index (χ3v) is 3.25. The minimum Gasteiger partial charge on any atom is -0.356 e. The van der Waals surface area contributed by atoms with Gasteiger partial charge in [-0.15, -0.1) is 0 Å². The van der Waals surface area contributed by atoms with Crippen molar-refractivity contribution in [1.82, 2.24) is 20.3 Å². The second-order valence-electron chi connectivity index (χ2n) is 5.37. The van der Waals surface area contributed by atoms with Gasteiger partial charge >= 0.3 is 0 Å². The molecule has 2 aromatic rings. The lowest BCUT2D eigenvalue weighted by atomic mass is 10.1. The van der Waals surface area contributed by atoms with Gasteiger partial charge in [-0.3, -0.25) is 4.68 Å². The van der Waals surface area contributed by atoms with E-state index in [1.807, 2.05) is 25.6 Å². The molecule has 0 radical (unpaired) electrons. The zero-order valence-electron chi connectivity index (χ0n) is 12.3. The molecule has 0 unspecified atom stereocenters. The van der Waals surface area contributed by atoms with Crippen LogP contribution in [0.5, 0.6) is 0 Å². The predicted molar refractivity (Wildman–Crippen MR) is 74.7 cm³/mol. The Labute approximate surface area is 114 Å². The van der Waals surface area contributed by atoms with Crippen molar-refractivity contribution in [1.29, 1.82) is 0 Å². The van der Waals surface area contributed by atoms with Crippen LogP contribution in [0.3, 0.4) is 0 Å². The van der Waals surface area contributed by atoms with Crippen molar-refractivity contribution < 1.29 is 4.52 Å². The monoisotopic (exact) mass is 262 g/mol. The molecule has 0 aliphatic rings. The van der Waals surface area contributed by atoms with Gasteiger partial charge in [0.1, 0.15) is 0 Å². The molecule has 0 spiro atoms. The van der Waals surface area contributed by atoms with Gasteiger partial charge in [-0.2, -0.15) is 5.10 Å². The fraction of sp³-hybridized carbons (Fsp3) is 0.571. The molecule has 104 valence electrons. The zero-order chi connectivity index (χ0) is 14.0. The molecule has 2 rings (SSSR count). The Kier molecular flexibility index (Phi) is 4.04. The maximum Gasteiger partial charge on any atom is 0.175 e. The predicted octanol–water partition coefficient (Wildman–Crippen LogP) is 2.44. The van der Waals surface area contributed by atoms with Crippen LogP contribution in [0.25, 0.3) is 11.3 Å². The third kappa shape index (κ3) is 2.87. The van der Waals surface area contributed by atoms with Crippen LogP contribution in [-0.2, 0) is 13.6 Å². The molecule has 0 amide bonds. The molecule has 0 aliphatic carbocycles. The molecule has 0 aliphatic heterocycles. The van der Waals surface area contributed by atoms with E-state index in [4.69, 9.17) is 4.52 Å². The molecule has 0 saturated heterocycles. The zero-order valence-corrected chi connectivity index (χ0v) is 12.3. The van der Waals surface area contributed by atoms with Gasteiger partial charge in [0.15, 0.2) is 5.76 Å². The highest BCUT2D eigenvalue weighted by atomic mass is 16.5. The van der Waals surface area contributed by atoms with Crippen LogP contribution < -0.4 is 5.32 Å². The van der Waals surface area contributed by atoms with Crippen molar-refractivity contribution in [3.05, 3.63) is 23.1 Å². The van der Waals surface area contributed by atoms with Crippen molar-refractivity contribution in [3.8, 4) is 11.3 Å². The molecule has 1 N–H and O–H groups in total. The van der Waals surface area contributed by atoms with Crippen LogP contribution in [0.1, 0.15) is 30.8 Å². The molecule has 19 heavy (non-hydrogen) atoms. The van der Waals surface area contributed by atoms with E-state index in [2.05, 4.69) is 29.4 Å². The highest BCUT2D eigenvalue weighted by Crippen LogP contribution is 2.29. The van der Waals surface area contributed by atoms with Crippen molar-refractivity contribution >= 4 is 0 Å². The third-order valence-electron chi connectivity index (χ3n) is 3.25. The molecule has 2 heterocycles. The van der Waals surface area contributed by atoms with Crippen LogP contribution in [0.15, 0.2) is 10.7 Å². The van der Waals surface area contributed by atoms with Crippen LogP contribution >= 0.6 is 0 Å². The maximum atomic E-state index is 5.44. The summed E-state index contributed by atoms with van der Waals surface area (Å²) in [6, 6.07) is 0. The van der Waals surface area contributed by atoms with Gasteiger partial charge in [0.05, 0.1) is 17.5 Å². The van der Waals surface area contributed by atoms with Crippen molar-refractivity contribution in [2.75, 3.05) is 6.54 Å². The normalized spacial score (nSPS) is 11.5. The summed E-state index contributed by atoms with van der Waals surface area (Å²) in [5.74, 6) is 1.46. The molecule has 5 nitrogen and oxygen atoms in total. The molecule has 0 atom stereocenters. The molecular weight excluding hydrogens is 240 g/mol. The molecule has 0 saturated carbocycles. The van der Waals surface area contributed by atoms with Crippen LogP contribution in [0, 0.1) is 19.8 Å². The molecule has 2 aromatic heterocycles. The van der Waals surface area contributed by atoms with Crippen LogP contribution in [-0.4, -0.2) is 21.5 Å². The second-order valence-corrected chi connectivity index (χ2v) is 5.37. The standard InChI is InChI=1S/C14H22N4O/c1-9(2)6-15-7-12-8-16-19-14(12)13-10(3)17-18(5)11(13)4/h8-9,15H,6-7H2,1-5H3. The first-order valence-electron chi connectivity index (χ1n) is 6.65. The van der Waals surface area contributed by atoms with E-state index in [0.29, 0.717) is 5.92 Å². The summed E-state index contributed by atoms with van der Waals surface area (Å²) in [5, 5.41) is 11.8. The van der Waals surface area contributed by atoms with Crippen LogP contribution in [0.4, 0.5) is 0 Å². The molecule has 0 fully saturated rings. The van der Waals surface area contributed by atoms with Gasteiger partial charge < -0.3 is 9.84 Å². The summed E-state index contributed by atoms with van der Waals surface area (Å²) < 4.78 is 7.31. The number of nitrogens with zero attached hydrogens (tertiary/aromatic N) is 3. The molecular formula is C14H22N4O. The second kappa shape index (κ2) is 5.57. The lowest BCUT2D eigenvalue weighted by molar-refractivity contribution is 0.430. The van der Waals surface area contributed by atoms with E-state index in [-0.39, 0.29) is 0 Å². The van der Waals surface area contributed by atoms with Crippen molar-refractivity contribution in [2.24, 2.45) is 13.0 Å².